The molecule has 0 aromatic heterocycles. The second kappa shape index (κ2) is 5.64. The average molecular weight is 276 g/mol. The minimum Gasteiger partial charge on any atom is -0.0714 e. The van der Waals surface area contributed by atoms with E-state index in [1.165, 1.54) is 21.9 Å². The van der Waals surface area contributed by atoms with Crippen LogP contribution in [0.4, 0.5) is 0 Å². The van der Waals surface area contributed by atoms with Crippen LogP contribution in [0.25, 0.3) is 10.8 Å². The molecule has 0 fully saturated rings. The van der Waals surface area contributed by atoms with E-state index in [0.29, 0.717) is 5.54 Å². The van der Waals surface area contributed by atoms with E-state index in [2.05, 4.69) is 85.9 Å². The fourth-order valence-corrected chi connectivity index (χ4v) is 5.11. The predicted octanol–water partition coefficient (Wildman–Crippen LogP) is 5.00. The molecule has 3 rings (SSSR count). The van der Waals surface area contributed by atoms with E-state index >= 15 is 0 Å². The highest BCUT2D eigenvalue weighted by molar-refractivity contribution is 6.58. The first-order valence-corrected chi connectivity index (χ1v) is 10.3. The Morgan fingerprint density at radius 2 is 1.35 bits per heavy atom. The second-order valence-corrected chi connectivity index (χ2v) is 8.86. The summed E-state index contributed by atoms with van der Waals surface area (Å²) in [5, 5.41) is 2.76. The fraction of sp³-hybridized carbons (Fsp3) is 0.158. The van der Waals surface area contributed by atoms with Crippen LogP contribution in [-0.4, -0.2) is 8.80 Å². The Bertz CT molecular complexity index is 696. The lowest BCUT2D eigenvalue weighted by Gasteiger charge is -2.23. The molecule has 0 radical (unpaired) electrons. The minimum atomic E-state index is -0.846. The van der Waals surface area contributed by atoms with Crippen LogP contribution in [0.1, 0.15) is 16.7 Å². The first-order chi connectivity index (χ1) is 9.77. The Morgan fingerprint density at radius 1 is 0.700 bits per heavy atom. The molecule has 3 aromatic rings. The molecule has 100 valence electrons. The molecular weight excluding hydrogens is 256 g/mol. The zero-order valence-electron chi connectivity index (χ0n) is 12.1. The van der Waals surface area contributed by atoms with E-state index in [4.69, 9.17) is 0 Å². The number of hydrogen-bond donors (Lipinski definition) is 0. The van der Waals surface area contributed by atoms with E-state index in [0.717, 1.165) is 0 Å². The zero-order valence-corrected chi connectivity index (χ0v) is 13.2. The van der Waals surface area contributed by atoms with Crippen LogP contribution in [0.15, 0.2) is 72.8 Å². The van der Waals surface area contributed by atoms with Crippen molar-refractivity contribution in [2.24, 2.45) is 0 Å². The highest BCUT2D eigenvalue weighted by Gasteiger charge is 2.20. The van der Waals surface area contributed by atoms with Crippen LogP contribution < -0.4 is 0 Å². The number of benzene rings is 3. The maximum Gasteiger partial charge on any atom is 0.0444 e. The first-order valence-electron chi connectivity index (χ1n) is 7.30. The molecule has 0 saturated heterocycles. The summed E-state index contributed by atoms with van der Waals surface area (Å²) in [6, 6.07) is 26.4. The Hall–Kier alpha value is -1.86. The van der Waals surface area contributed by atoms with Gasteiger partial charge in [0.15, 0.2) is 0 Å². The number of hydrogen-bond acceptors (Lipinski definition) is 0. The lowest BCUT2D eigenvalue weighted by atomic mass is 9.98. The zero-order chi connectivity index (χ0) is 13.9. The van der Waals surface area contributed by atoms with Crippen LogP contribution >= 0.6 is 0 Å². The van der Waals surface area contributed by atoms with Gasteiger partial charge < -0.3 is 0 Å². The van der Waals surface area contributed by atoms with E-state index in [1.807, 2.05) is 0 Å². The Kier molecular flexibility index (Phi) is 3.70. The van der Waals surface area contributed by atoms with Crippen molar-refractivity contribution in [3.63, 3.8) is 0 Å². The van der Waals surface area contributed by atoms with Gasteiger partial charge in [-0.25, -0.2) is 0 Å². The third-order valence-corrected chi connectivity index (χ3v) is 6.06. The van der Waals surface area contributed by atoms with Gasteiger partial charge in [-0.05, 0) is 21.9 Å². The fourth-order valence-electron chi connectivity index (χ4n) is 3.11. The molecule has 0 saturated carbocycles. The quantitative estimate of drug-likeness (QED) is 0.591. The molecule has 0 spiro atoms. The molecule has 0 amide bonds. The first kappa shape index (κ1) is 13.1. The van der Waals surface area contributed by atoms with Gasteiger partial charge in [-0.2, -0.15) is 0 Å². The van der Waals surface area contributed by atoms with E-state index < -0.39 is 8.80 Å². The summed E-state index contributed by atoms with van der Waals surface area (Å²) < 4.78 is 0. The number of rotatable bonds is 3. The molecule has 20 heavy (non-hydrogen) atoms. The summed E-state index contributed by atoms with van der Waals surface area (Å²) in [7, 11) is -0.846. The average Bonchev–Trinajstić information content (AvgIpc) is 2.48. The van der Waals surface area contributed by atoms with Crippen molar-refractivity contribution in [3.8, 4) is 0 Å². The maximum absolute atomic E-state index is 2.44. The molecule has 0 nitrogen and oxygen atoms in total. The van der Waals surface area contributed by atoms with Crippen LogP contribution in [0.5, 0.6) is 0 Å². The summed E-state index contributed by atoms with van der Waals surface area (Å²) in [6.07, 6.45) is 0. The summed E-state index contributed by atoms with van der Waals surface area (Å²) in [5.74, 6) is 0. The van der Waals surface area contributed by atoms with Crippen molar-refractivity contribution in [3.05, 3.63) is 83.9 Å². The molecule has 0 unspecified atom stereocenters. The second-order valence-electron chi connectivity index (χ2n) is 5.70. The molecule has 0 aliphatic carbocycles. The molecule has 0 heterocycles. The van der Waals surface area contributed by atoms with Crippen molar-refractivity contribution in [1.82, 2.24) is 0 Å². The largest absolute Gasteiger partial charge is 0.0714 e. The molecule has 3 aromatic carbocycles. The molecule has 0 N–H and O–H groups in total. The standard InChI is InChI=1S/C19H20Si/c1-20(2)19(16-10-4-3-5-11-16)18-14-8-12-15-9-6-7-13-17(15)18/h3-14,19-20H,1-2H3/t19-/m1/s1. The molecule has 0 aliphatic heterocycles. The van der Waals surface area contributed by atoms with Gasteiger partial charge in [-0.1, -0.05) is 85.9 Å². The summed E-state index contributed by atoms with van der Waals surface area (Å²) in [4.78, 5) is 0. The molecule has 0 bridgehead atoms. The van der Waals surface area contributed by atoms with Gasteiger partial charge in [0, 0.05) is 14.3 Å². The topological polar surface area (TPSA) is 0 Å². The van der Waals surface area contributed by atoms with E-state index in [1.54, 1.807) is 0 Å². The molecular formula is C19H20Si. The minimum absolute atomic E-state index is 0.585. The van der Waals surface area contributed by atoms with Crippen LogP contribution in [-0.2, 0) is 0 Å². The Labute approximate surface area is 122 Å². The van der Waals surface area contributed by atoms with Crippen molar-refractivity contribution in [2.75, 3.05) is 0 Å². The van der Waals surface area contributed by atoms with Crippen LogP contribution in [0, 0.1) is 0 Å². The Balaban J connectivity index is 2.21. The van der Waals surface area contributed by atoms with Gasteiger partial charge >= 0.3 is 0 Å². The lowest BCUT2D eigenvalue weighted by molar-refractivity contribution is 1.12. The lowest BCUT2D eigenvalue weighted by Crippen LogP contribution is -2.17. The van der Waals surface area contributed by atoms with Gasteiger partial charge in [0.1, 0.15) is 0 Å². The number of fused-ring (bicyclic) bond motifs is 1. The van der Waals surface area contributed by atoms with E-state index in [-0.39, 0.29) is 0 Å². The van der Waals surface area contributed by atoms with Crippen LogP contribution in [0.3, 0.4) is 0 Å². The molecule has 1 heteroatoms. The van der Waals surface area contributed by atoms with Crippen molar-refractivity contribution < 1.29 is 0 Å². The third-order valence-electron chi connectivity index (χ3n) is 3.98. The van der Waals surface area contributed by atoms with Crippen molar-refractivity contribution in [1.29, 1.82) is 0 Å². The van der Waals surface area contributed by atoms with Gasteiger partial charge in [0.25, 0.3) is 0 Å². The van der Waals surface area contributed by atoms with E-state index in [9.17, 15) is 0 Å². The SMILES string of the molecule is C[SiH](C)[C@H](c1ccccc1)c1cccc2ccccc12. The van der Waals surface area contributed by atoms with Gasteiger partial charge in [-0.15, -0.1) is 0 Å². The Morgan fingerprint density at radius 3 is 2.10 bits per heavy atom. The molecule has 1 atom stereocenters. The van der Waals surface area contributed by atoms with Gasteiger partial charge in [0.05, 0.1) is 0 Å². The highest BCUT2D eigenvalue weighted by atomic mass is 28.3. The monoisotopic (exact) mass is 276 g/mol. The van der Waals surface area contributed by atoms with Crippen molar-refractivity contribution >= 4 is 19.6 Å². The van der Waals surface area contributed by atoms with Gasteiger partial charge in [-0.3, -0.25) is 0 Å². The molecule has 0 aliphatic rings. The normalized spacial score (nSPS) is 12.8. The summed E-state index contributed by atoms with van der Waals surface area (Å²) >= 11 is 0. The predicted molar refractivity (Wildman–Crippen MR) is 91.1 cm³/mol. The third kappa shape index (κ3) is 2.41. The van der Waals surface area contributed by atoms with Crippen molar-refractivity contribution in [2.45, 2.75) is 18.6 Å². The summed E-state index contributed by atoms with van der Waals surface area (Å²) in [5.41, 5.74) is 3.55. The van der Waals surface area contributed by atoms with Gasteiger partial charge in [0.2, 0.25) is 0 Å². The summed E-state index contributed by atoms with van der Waals surface area (Å²) in [6.45, 7) is 4.89. The van der Waals surface area contributed by atoms with Crippen LogP contribution in [0.2, 0.25) is 13.1 Å². The highest BCUT2D eigenvalue weighted by Crippen LogP contribution is 2.32. The smallest absolute Gasteiger partial charge is 0.0444 e. The maximum atomic E-state index is 2.44.